The normalized spacial score (nSPS) is 19.1. The van der Waals surface area contributed by atoms with Crippen molar-refractivity contribution in [2.75, 3.05) is 20.6 Å². The lowest BCUT2D eigenvalue weighted by atomic mass is 9.93. The Morgan fingerprint density at radius 2 is 1.74 bits per heavy atom. The van der Waals surface area contributed by atoms with Crippen LogP contribution in [0.5, 0.6) is 0 Å². The number of hydrogen-bond acceptors (Lipinski definition) is 2. The maximum absolute atomic E-state index is 11.8. The molecule has 1 N–H and O–H groups in total. The lowest BCUT2D eigenvalue weighted by Gasteiger charge is -2.33. The van der Waals surface area contributed by atoms with Gasteiger partial charge in [-0.3, -0.25) is 0 Å². The number of fused-ring (bicyclic) bond motifs is 2. The molecule has 0 radical (unpaired) electrons. The van der Waals surface area contributed by atoms with E-state index in [2.05, 4.69) is 24.3 Å². The van der Waals surface area contributed by atoms with Gasteiger partial charge in [-0.15, -0.1) is 0 Å². The number of aliphatic hydroxyl groups excluding tert-OH is 1. The topological polar surface area (TPSA) is 43.3 Å². The Kier molecular flexibility index (Phi) is 4.35. The molecule has 0 aromatic heterocycles. The summed E-state index contributed by atoms with van der Waals surface area (Å²) in [5.74, 6) is 0. The van der Waals surface area contributed by atoms with E-state index in [0.717, 1.165) is 27.8 Å². The standard InChI is InChI=1S/C20H23NO2/c1-21(2,23)13-7-12-17-16-9-4-3-8-15(16)14-20(22)19-11-6-5-10-18(17)19/h3-6,8-12,20,22H,7,13-14H2,1-2H3/b17-12-. The Morgan fingerprint density at radius 1 is 1.09 bits per heavy atom. The van der Waals surface area contributed by atoms with Crippen molar-refractivity contribution in [3.63, 3.8) is 0 Å². The van der Waals surface area contributed by atoms with Crippen LogP contribution in [0, 0.1) is 5.21 Å². The van der Waals surface area contributed by atoms with E-state index in [-0.39, 0.29) is 4.65 Å². The molecule has 3 rings (SSSR count). The van der Waals surface area contributed by atoms with Crippen molar-refractivity contribution < 1.29 is 9.75 Å². The van der Waals surface area contributed by atoms with Crippen molar-refractivity contribution in [1.82, 2.24) is 0 Å². The molecule has 23 heavy (non-hydrogen) atoms. The second kappa shape index (κ2) is 6.28. The zero-order chi connectivity index (χ0) is 16.4. The van der Waals surface area contributed by atoms with Gasteiger partial charge in [0.05, 0.1) is 26.7 Å². The fourth-order valence-electron chi connectivity index (χ4n) is 3.20. The number of aliphatic hydroxyl groups is 1. The van der Waals surface area contributed by atoms with Crippen LogP contribution < -0.4 is 0 Å². The smallest absolute Gasteiger partial charge is 0.0836 e. The zero-order valence-electron chi connectivity index (χ0n) is 13.7. The van der Waals surface area contributed by atoms with E-state index in [1.165, 1.54) is 0 Å². The van der Waals surface area contributed by atoms with Crippen LogP contribution in [0.4, 0.5) is 0 Å². The van der Waals surface area contributed by atoms with Crippen LogP contribution >= 0.6 is 0 Å². The maximum atomic E-state index is 11.8. The van der Waals surface area contributed by atoms with Crippen LogP contribution in [0.2, 0.25) is 0 Å². The van der Waals surface area contributed by atoms with Gasteiger partial charge in [-0.25, -0.2) is 0 Å². The van der Waals surface area contributed by atoms with Crippen LogP contribution in [-0.2, 0) is 6.42 Å². The quantitative estimate of drug-likeness (QED) is 0.694. The van der Waals surface area contributed by atoms with Crippen molar-refractivity contribution in [2.45, 2.75) is 18.9 Å². The minimum atomic E-state index is -0.495. The molecule has 1 aliphatic rings. The summed E-state index contributed by atoms with van der Waals surface area (Å²) in [5.41, 5.74) is 5.47. The highest BCUT2D eigenvalue weighted by Gasteiger charge is 2.23. The third-order valence-corrected chi connectivity index (χ3v) is 4.35. The molecule has 2 aromatic rings. The number of hydrogen-bond donors (Lipinski definition) is 1. The molecule has 0 spiro atoms. The Morgan fingerprint density at radius 3 is 2.48 bits per heavy atom. The van der Waals surface area contributed by atoms with Gasteiger partial charge in [0.1, 0.15) is 0 Å². The van der Waals surface area contributed by atoms with Crippen molar-refractivity contribution in [2.24, 2.45) is 0 Å². The first kappa shape index (κ1) is 15.9. The molecular weight excluding hydrogens is 286 g/mol. The zero-order valence-corrected chi connectivity index (χ0v) is 13.7. The van der Waals surface area contributed by atoms with Gasteiger partial charge in [-0.2, -0.15) is 0 Å². The molecule has 0 fully saturated rings. The Labute approximate surface area is 137 Å². The van der Waals surface area contributed by atoms with Crippen molar-refractivity contribution in [3.05, 3.63) is 82.1 Å². The highest BCUT2D eigenvalue weighted by atomic mass is 16.5. The van der Waals surface area contributed by atoms with Crippen LogP contribution in [-0.4, -0.2) is 30.4 Å². The Hall–Kier alpha value is -1.94. The van der Waals surface area contributed by atoms with Crippen LogP contribution in [0.3, 0.4) is 0 Å². The molecule has 1 aliphatic carbocycles. The van der Waals surface area contributed by atoms with E-state index >= 15 is 0 Å². The molecule has 0 bridgehead atoms. The number of quaternary nitrogens is 1. The first-order valence-electron chi connectivity index (χ1n) is 8.05. The van der Waals surface area contributed by atoms with E-state index in [0.29, 0.717) is 19.4 Å². The summed E-state index contributed by atoms with van der Waals surface area (Å²) in [6.45, 7) is 0.538. The second-order valence-electron chi connectivity index (χ2n) is 6.67. The first-order valence-corrected chi connectivity index (χ1v) is 8.05. The fraction of sp³-hybridized carbons (Fsp3) is 0.300. The average molecular weight is 309 g/mol. The molecule has 1 unspecified atom stereocenters. The summed E-state index contributed by atoms with van der Waals surface area (Å²) in [6.07, 6.45) is 2.98. The molecule has 0 heterocycles. The fourth-order valence-corrected chi connectivity index (χ4v) is 3.20. The first-order chi connectivity index (χ1) is 11.0. The molecule has 3 heteroatoms. The van der Waals surface area contributed by atoms with E-state index in [4.69, 9.17) is 0 Å². The van der Waals surface area contributed by atoms with Gasteiger partial charge in [-0.1, -0.05) is 54.6 Å². The third kappa shape index (κ3) is 3.53. The molecule has 2 aromatic carbocycles. The monoisotopic (exact) mass is 309 g/mol. The number of hydroxylamine groups is 3. The molecule has 0 amide bonds. The highest BCUT2D eigenvalue weighted by molar-refractivity contribution is 5.84. The minimum absolute atomic E-state index is 0.296. The van der Waals surface area contributed by atoms with Crippen molar-refractivity contribution in [3.8, 4) is 0 Å². The third-order valence-electron chi connectivity index (χ3n) is 4.35. The van der Waals surface area contributed by atoms with E-state index in [1.54, 1.807) is 14.1 Å². The summed E-state index contributed by atoms with van der Waals surface area (Å²) >= 11 is 0. The van der Waals surface area contributed by atoms with E-state index in [1.807, 2.05) is 30.3 Å². The molecule has 1 atom stereocenters. The largest absolute Gasteiger partial charge is 0.633 e. The summed E-state index contributed by atoms with van der Waals surface area (Å²) in [7, 11) is 3.33. The van der Waals surface area contributed by atoms with Gasteiger partial charge in [-0.05, 0) is 27.8 Å². The molecule has 0 saturated heterocycles. The van der Waals surface area contributed by atoms with Crippen LogP contribution in [0.15, 0.2) is 54.6 Å². The van der Waals surface area contributed by atoms with Gasteiger partial charge in [0.25, 0.3) is 0 Å². The van der Waals surface area contributed by atoms with E-state index in [9.17, 15) is 10.3 Å². The summed E-state index contributed by atoms with van der Waals surface area (Å²) in [5, 5.41) is 22.4. The van der Waals surface area contributed by atoms with Crippen LogP contribution in [0.1, 0.15) is 34.8 Å². The molecular formula is C20H23NO2. The second-order valence-corrected chi connectivity index (χ2v) is 6.67. The average Bonchev–Trinajstić information content (AvgIpc) is 2.62. The predicted molar refractivity (Wildman–Crippen MR) is 93.6 cm³/mol. The highest BCUT2D eigenvalue weighted by Crippen LogP contribution is 2.37. The Balaban J connectivity index is 2.09. The van der Waals surface area contributed by atoms with Crippen molar-refractivity contribution in [1.29, 1.82) is 0 Å². The maximum Gasteiger partial charge on any atom is 0.0836 e. The molecule has 3 nitrogen and oxygen atoms in total. The molecule has 120 valence electrons. The van der Waals surface area contributed by atoms with Crippen LogP contribution in [0.25, 0.3) is 5.57 Å². The van der Waals surface area contributed by atoms with Gasteiger partial charge < -0.3 is 15.0 Å². The SMILES string of the molecule is C[N+](C)([O-])CC/C=C1/c2ccccc2CC(O)c2ccccc21. The van der Waals surface area contributed by atoms with Gasteiger partial charge in [0, 0.05) is 12.8 Å². The van der Waals surface area contributed by atoms with Gasteiger partial charge >= 0.3 is 0 Å². The van der Waals surface area contributed by atoms with E-state index < -0.39 is 6.10 Å². The molecule has 0 saturated carbocycles. The predicted octanol–water partition coefficient (Wildman–Crippen LogP) is 3.67. The molecule has 0 aliphatic heterocycles. The van der Waals surface area contributed by atoms with Crippen molar-refractivity contribution >= 4 is 5.57 Å². The summed E-state index contributed by atoms with van der Waals surface area (Å²) in [4.78, 5) is 0. The number of benzene rings is 2. The lowest BCUT2D eigenvalue weighted by Crippen LogP contribution is -2.32. The number of nitrogens with zero attached hydrogens (tertiary/aromatic N) is 1. The van der Waals surface area contributed by atoms with Gasteiger partial charge in [0.15, 0.2) is 0 Å². The minimum Gasteiger partial charge on any atom is -0.633 e. The lowest BCUT2D eigenvalue weighted by molar-refractivity contribution is -0.839. The van der Waals surface area contributed by atoms with Gasteiger partial charge in [0.2, 0.25) is 0 Å². The number of rotatable bonds is 3. The summed E-state index contributed by atoms with van der Waals surface area (Å²) < 4.78 is -0.296. The Bertz CT molecular complexity index is 728. The summed E-state index contributed by atoms with van der Waals surface area (Å²) in [6, 6.07) is 16.2.